The van der Waals surface area contributed by atoms with Crippen molar-refractivity contribution in [1.82, 2.24) is 4.90 Å². The van der Waals surface area contributed by atoms with E-state index < -0.39 is 5.97 Å². The van der Waals surface area contributed by atoms with Crippen LogP contribution in [0.25, 0.3) is 0 Å². The molecule has 1 heterocycles. The number of hydrogen-bond donors (Lipinski definition) is 1. The fraction of sp³-hybridized carbons (Fsp3) is 0.923. The quantitative estimate of drug-likeness (QED) is 0.815. The predicted molar refractivity (Wildman–Crippen MR) is 64.9 cm³/mol. The zero-order valence-corrected chi connectivity index (χ0v) is 10.8. The van der Waals surface area contributed by atoms with Gasteiger partial charge in [-0.1, -0.05) is 6.92 Å². The fourth-order valence-electron chi connectivity index (χ4n) is 3.29. The van der Waals surface area contributed by atoms with Gasteiger partial charge in [0.1, 0.15) is 0 Å². The molecule has 17 heavy (non-hydrogen) atoms. The summed E-state index contributed by atoms with van der Waals surface area (Å²) in [7, 11) is 1.78. The van der Waals surface area contributed by atoms with Gasteiger partial charge >= 0.3 is 5.97 Å². The highest BCUT2D eigenvalue weighted by Gasteiger charge is 2.38. The van der Waals surface area contributed by atoms with Crippen LogP contribution in [0.4, 0.5) is 0 Å². The summed E-state index contributed by atoms with van der Waals surface area (Å²) in [6.07, 6.45) is 4.98. The molecular formula is C13H23NO3. The van der Waals surface area contributed by atoms with Crippen LogP contribution in [0.15, 0.2) is 0 Å². The summed E-state index contributed by atoms with van der Waals surface area (Å²) in [6.45, 7) is 3.70. The first-order valence-corrected chi connectivity index (χ1v) is 6.61. The molecule has 98 valence electrons. The summed E-state index contributed by atoms with van der Waals surface area (Å²) in [5, 5.41) is 9.15. The number of methoxy groups -OCH3 is 1. The molecule has 0 aromatic carbocycles. The van der Waals surface area contributed by atoms with Gasteiger partial charge in [0.2, 0.25) is 0 Å². The Balaban J connectivity index is 1.93. The molecule has 1 aliphatic carbocycles. The molecule has 2 aliphatic rings. The van der Waals surface area contributed by atoms with Gasteiger partial charge in [-0.15, -0.1) is 0 Å². The molecule has 2 unspecified atom stereocenters. The monoisotopic (exact) mass is 241 g/mol. The summed E-state index contributed by atoms with van der Waals surface area (Å²) in [4.78, 5) is 13.5. The van der Waals surface area contributed by atoms with Gasteiger partial charge in [-0.05, 0) is 31.6 Å². The molecule has 2 rings (SSSR count). The third kappa shape index (κ3) is 2.80. The summed E-state index contributed by atoms with van der Waals surface area (Å²) in [5.74, 6) is -0.549. The highest BCUT2D eigenvalue weighted by molar-refractivity contribution is 5.71. The van der Waals surface area contributed by atoms with Gasteiger partial charge in [0.05, 0.1) is 12.0 Å². The minimum absolute atomic E-state index is 0.182. The molecule has 4 atom stereocenters. The lowest BCUT2D eigenvalue weighted by Gasteiger charge is -2.34. The summed E-state index contributed by atoms with van der Waals surface area (Å²) in [5.41, 5.74) is 0. The van der Waals surface area contributed by atoms with Crippen molar-refractivity contribution in [2.45, 2.75) is 44.8 Å². The van der Waals surface area contributed by atoms with Gasteiger partial charge in [-0.3, -0.25) is 9.69 Å². The van der Waals surface area contributed by atoms with Crippen molar-refractivity contribution in [3.8, 4) is 0 Å². The molecule has 0 spiro atoms. The van der Waals surface area contributed by atoms with E-state index in [1.54, 1.807) is 7.11 Å². The maximum atomic E-state index is 11.1. The molecule has 0 bridgehead atoms. The molecule has 1 saturated carbocycles. The largest absolute Gasteiger partial charge is 0.481 e. The van der Waals surface area contributed by atoms with Gasteiger partial charge in [-0.25, -0.2) is 0 Å². The second-order valence-electron chi connectivity index (χ2n) is 5.55. The number of carboxylic acid groups (broad SMARTS) is 1. The number of rotatable bonds is 3. The maximum Gasteiger partial charge on any atom is 0.308 e. The average molecular weight is 241 g/mol. The van der Waals surface area contributed by atoms with E-state index in [0.717, 1.165) is 25.9 Å². The number of likely N-dealkylation sites (tertiary alicyclic amines) is 1. The van der Waals surface area contributed by atoms with Crippen molar-refractivity contribution in [2.75, 3.05) is 20.2 Å². The van der Waals surface area contributed by atoms with E-state index in [1.165, 1.54) is 12.8 Å². The van der Waals surface area contributed by atoms with Crippen molar-refractivity contribution in [3.05, 3.63) is 0 Å². The van der Waals surface area contributed by atoms with Crippen molar-refractivity contribution < 1.29 is 14.6 Å². The van der Waals surface area contributed by atoms with E-state index in [0.29, 0.717) is 12.1 Å². The van der Waals surface area contributed by atoms with Crippen LogP contribution in [-0.2, 0) is 9.53 Å². The van der Waals surface area contributed by atoms with Crippen LogP contribution in [0.2, 0.25) is 0 Å². The van der Waals surface area contributed by atoms with Crippen molar-refractivity contribution in [2.24, 2.45) is 11.8 Å². The first-order valence-electron chi connectivity index (χ1n) is 6.61. The molecule has 1 N–H and O–H groups in total. The van der Waals surface area contributed by atoms with E-state index in [1.807, 2.05) is 0 Å². The fourth-order valence-corrected chi connectivity index (χ4v) is 3.29. The highest BCUT2D eigenvalue weighted by Crippen LogP contribution is 2.31. The number of carbonyl (C=O) groups is 1. The Kier molecular flexibility index (Phi) is 4.05. The van der Waals surface area contributed by atoms with Crippen molar-refractivity contribution in [3.63, 3.8) is 0 Å². The van der Waals surface area contributed by atoms with E-state index in [4.69, 9.17) is 9.84 Å². The first-order chi connectivity index (χ1) is 8.11. The number of aliphatic carboxylic acids is 1. The molecule has 4 nitrogen and oxygen atoms in total. The Morgan fingerprint density at radius 2 is 2.12 bits per heavy atom. The van der Waals surface area contributed by atoms with E-state index in [2.05, 4.69) is 11.8 Å². The predicted octanol–water partition coefficient (Wildman–Crippen LogP) is 1.60. The Hall–Kier alpha value is -0.610. The lowest BCUT2D eigenvalue weighted by molar-refractivity contribution is -0.142. The van der Waals surface area contributed by atoms with Crippen molar-refractivity contribution in [1.29, 1.82) is 0 Å². The van der Waals surface area contributed by atoms with Crippen LogP contribution in [0.5, 0.6) is 0 Å². The molecule has 0 amide bonds. The van der Waals surface area contributed by atoms with Crippen LogP contribution in [-0.4, -0.2) is 48.3 Å². The Bertz CT molecular complexity index is 282. The van der Waals surface area contributed by atoms with Gasteiger partial charge < -0.3 is 9.84 Å². The van der Waals surface area contributed by atoms with Gasteiger partial charge in [-0.2, -0.15) is 0 Å². The lowest BCUT2D eigenvalue weighted by atomic mass is 9.92. The molecule has 0 radical (unpaired) electrons. The van der Waals surface area contributed by atoms with E-state index in [-0.39, 0.29) is 11.8 Å². The SMILES string of the molecule is COC1CCCC(N2C[C@@H](C)[C@H](C(=O)O)C2)C1. The molecule has 1 aliphatic heterocycles. The number of nitrogens with zero attached hydrogens (tertiary/aromatic N) is 1. The van der Waals surface area contributed by atoms with Gasteiger partial charge in [0.15, 0.2) is 0 Å². The number of ether oxygens (including phenoxy) is 1. The van der Waals surface area contributed by atoms with Crippen LogP contribution in [0.3, 0.4) is 0 Å². The molecule has 4 heteroatoms. The maximum absolute atomic E-state index is 11.1. The molecule has 2 fully saturated rings. The normalized spacial score (nSPS) is 39.4. The topological polar surface area (TPSA) is 49.8 Å². The second-order valence-corrected chi connectivity index (χ2v) is 5.55. The zero-order valence-electron chi connectivity index (χ0n) is 10.8. The minimum atomic E-state index is -0.640. The highest BCUT2D eigenvalue weighted by atomic mass is 16.5. The average Bonchev–Trinajstić information content (AvgIpc) is 2.71. The first kappa shape index (κ1) is 12.8. The second kappa shape index (κ2) is 5.36. The number of carboxylic acids is 1. The van der Waals surface area contributed by atoms with Crippen molar-refractivity contribution >= 4 is 5.97 Å². The Labute approximate surface area is 103 Å². The van der Waals surface area contributed by atoms with E-state index >= 15 is 0 Å². The standard InChI is InChI=1S/C13H23NO3/c1-9-7-14(8-12(9)13(15)16)10-4-3-5-11(6-10)17-2/h9-12H,3-8H2,1-2H3,(H,15,16)/t9-,10?,11?,12-/m1/s1. The Morgan fingerprint density at radius 3 is 2.71 bits per heavy atom. The number of hydrogen-bond acceptors (Lipinski definition) is 3. The minimum Gasteiger partial charge on any atom is -0.481 e. The van der Waals surface area contributed by atoms with Crippen LogP contribution in [0, 0.1) is 11.8 Å². The lowest BCUT2D eigenvalue weighted by Crippen LogP contribution is -2.39. The van der Waals surface area contributed by atoms with E-state index in [9.17, 15) is 4.79 Å². The zero-order chi connectivity index (χ0) is 12.4. The molecule has 0 aromatic rings. The summed E-state index contributed by atoms with van der Waals surface area (Å²) < 4.78 is 5.44. The van der Waals surface area contributed by atoms with Gasteiger partial charge in [0, 0.05) is 26.2 Å². The van der Waals surface area contributed by atoms with Gasteiger partial charge in [0.25, 0.3) is 0 Å². The van der Waals surface area contributed by atoms with Crippen LogP contribution < -0.4 is 0 Å². The summed E-state index contributed by atoms with van der Waals surface area (Å²) in [6, 6.07) is 0.528. The molecule has 1 saturated heterocycles. The van der Waals surface area contributed by atoms with Crippen LogP contribution >= 0.6 is 0 Å². The molecule has 0 aromatic heterocycles. The third-order valence-electron chi connectivity index (χ3n) is 4.41. The summed E-state index contributed by atoms with van der Waals surface area (Å²) >= 11 is 0. The smallest absolute Gasteiger partial charge is 0.308 e. The Morgan fingerprint density at radius 1 is 1.35 bits per heavy atom. The molecular weight excluding hydrogens is 218 g/mol. The third-order valence-corrected chi connectivity index (χ3v) is 4.41. The van der Waals surface area contributed by atoms with Crippen LogP contribution in [0.1, 0.15) is 32.6 Å².